The zero-order valence-corrected chi connectivity index (χ0v) is 11.8. The van der Waals surface area contributed by atoms with E-state index < -0.39 is 5.82 Å². The van der Waals surface area contributed by atoms with E-state index in [1.165, 1.54) is 12.1 Å². The summed E-state index contributed by atoms with van der Waals surface area (Å²) in [5.74, 6) is 6.13. The summed E-state index contributed by atoms with van der Waals surface area (Å²) in [5.41, 5.74) is 0.483. The third-order valence-corrected chi connectivity index (χ3v) is 4.24. The minimum absolute atomic E-state index is 0.165. The van der Waals surface area contributed by atoms with Gasteiger partial charge in [0.15, 0.2) is 0 Å². The highest BCUT2D eigenvalue weighted by Crippen LogP contribution is 2.17. The zero-order valence-electron chi connectivity index (χ0n) is 11.0. The molecule has 0 radical (unpaired) electrons. The molecule has 0 bridgehead atoms. The predicted molar refractivity (Wildman–Crippen MR) is 78.2 cm³/mol. The van der Waals surface area contributed by atoms with Gasteiger partial charge < -0.3 is 10.4 Å². The Labute approximate surface area is 122 Å². The maximum absolute atomic E-state index is 13.7. The highest BCUT2D eigenvalue weighted by molar-refractivity contribution is 7.99. The number of benzene rings is 1. The van der Waals surface area contributed by atoms with E-state index in [1.54, 1.807) is 6.07 Å². The second-order valence-corrected chi connectivity index (χ2v) is 5.69. The Morgan fingerprint density at radius 2 is 2.40 bits per heavy atom. The molecule has 1 heterocycles. The molecule has 2 N–H and O–H groups in total. The summed E-state index contributed by atoms with van der Waals surface area (Å²) in [7, 11) is 0. The molecule has 106 valence electrons. The Morgan fingerprint density at radius 3 is 3.05 bits per heavy atom. The number of aliphatic hydroxyl groups is 1. The van der Waals surface area contributed by atoms with Gasteiger partial charge in [0.2, 0.25) is 0 Å². The van der Waals surface area contributed by atoms with Gasteiger partial charge in [-0.1, -0.05) is 11.8 Å². The average molecular weight is 293 g/mol. The van der Waals surface area contributed by atoms with Crippen molar-refractivity contribution in [2.75, 3.05) is 18.1 Å². The van der Waals surface area contributed by atoms with E-state index in [0.717, 1.165) is 24.3 Å². The molecule has 1 amide bonds. The summed E-state index contributed by atoms with van der Waals surface area (Å²) in [6.07, 6.45) is 2.07. The van der Waals surface area contributed by atoms with Crippen LogP contribution < -0.4 is 5.32 Å². The van der Waals surface area contributed by atoms with Gasteiger partial charge in [0.25, 0.3) is 5.91 Å². The van der Waals surface area contributed by atoms with Crippen molar-refractivity contribution < 1.29 is 14.3 Å². The van der Waals surface area contributed by atoms with Gasteiger partial charge in [-0.2, -0.15) is 11.8 Å². The van der Waals surface area contributed by atoms with Crippen molar-refractivity contribution in [3.63, 3.8) is 0 Å². The van der Waals surface area contributed by atoms with Crippen molar-refractivity contribution in [1.29, 1.82) is 0 Å². The van der Waals surface area contributed by atoms with Crippen molar-refractivity contribution in [2.45, 2.75) is 18.9 Å². The fourth-order valence-corrected chi connectivity index (χ4v) is 3.09. The molecule has 3 nitrogen and oxygen atoms in total. The molecule has 1 aliphatic rings. The van der Waals surface area contributed by atoms with Crippen molar-refractivity contribution in [1.82, 2.24) is 5.32 Å². The van der Waals surface area contributed by atoms with Crippen LogP contribution >= 0.6 is 11.8 Å². The van der Waals surface area contributed by atoms with Gasteiger partial charge in [-0.25, -0.2) is 4.39 Å². The number of amides is 1. The third-order valence-electron chi connectivity index (χ3n) is 3.03. The number of hydrogen-bond donors (Lipinski definition) is 2. The van der Waals surface area contributed by atoms with Crippen LogP contribution in [0.3, 0.4) is 0 Å². The molecule has 1 fully saturated rings. The SMILES string of the molecule is O=C(NC1CCCSC1)c1ccc(C#CCO)c(F)c1. The largest absolute Gasteiger partial charge is 0.384 e. The first-order valence-electron chi connectivity index (χ1n) is 6.48. The topological polar surface area (TPSA) is 49.3 Å². The van der Waals surface area contributed by atoms with E-state index in [-0.39, 0.29) is 24.1 Å². The van der Waals surface area contributed by atoms with Gasteiger partial charge in [-0.3, -0.25) is 4.79 Å². The molecule has 1 unspecified atom stereocenters. The van der Waals surface area contributed by atoms with Crippen LogP contribution in [0, 0.1) is 17.7 Å². The second kappa shape index (κ2) is 7.32. The molecule has 5 heteroatoms. The Balaban J connectivity index is 2.04. The van der Waals surface area contributed by atoms with Crippen LogP contribution in [0.2, 0.25) is 0 Å². The Morgan fingerprint density at radius 1 is 1.55 bits per heavy atom. The minimum atomic E-state index is -0.545. The first kappa shape index (κ1) is 14.9. The quantitative estimate of drug-likeness (QED) is 0.818. The molecular weight excluding hydrogens is 277 g/mol. The van der Waals surface area contributed by atoms with E-state index in [0.29, 0.717) is 5.56 Å². The van der Waals surface area contributed by atoms with E-state index in [4.69, 9.17) is 5.11 Å². The van der Waals surface area contributed by atoms with Crippen molar-refractivity contribution in [3.8, 4) is 11.8 Å². The van der Waals surface area contributed by atoms with Crippen LogP contribution in [-0.4, -0.2) is 35.2 Å². The number of carbonyl (C=O) groups excluding carboxylic acids is 1. The molecule has 1 aromatic rings. The monoisotopic (exact) mass is 293 g/mol. The molecule has 0 saturated carbocycles. The summed E-state index contributed by atoms with van der Waals surface area (Å²) < 4.78 is 13.7. The number of halogens is 1. The molecule has 1 aliphatic heterocycles. The maximum atomic E-state index is 13.7. The van der Waals surface area contributed by atoms with Gasteiger partial charge in [0, 0.05) is 17.4 Å². The lowest BCUT2D eigenvalue weighted by Crippen LogP contribution is -2.38. The van der Waals surface area contributed by atoms with Crippen LogP contribution in [0.5, 0.6) is 0 Å². The number of carbonyl (C=O) groups is 1. The van der Waals surface area contributed by atoms with Gasteiger partial charge in [-0.05, 0) is 36.8 Å². The highest BCUT2D eigenvalue weighted by atomic mass is 32.2. The van der Waals surface area contributed by atoms with E-state index in [9.17, 15) is 9.18 Å². The number of hydrogen-bond acceptors (Lipinski definition) is 3. The fraction of sp³-hybridized carbons (Fsp3) is 0.400. The highest BCUT2D eigenvalue weighted by Gasteiger charge is 2.17. The van der Waals surface area contributed by atoms with Gasteiger partial charge in [0.05, 0.1) is 5.56 Å². The molecule has 0 aromatic heterocycles. The number of nitrogens with one attached hydrogen (secondary N) is 1. The molecule has 2 rings (SSSR count). The lowest BCUT2D eigenvalue weighted by Gasteiger charge is -2.22. The van der Waals surface area contributed by atoms with Crippen molar-refractivity contribution in [3.05, 3.63) is 35.1 Å². The maximum Gasteiger partial charge on any atom is 0.251 e. The zero-order chi connectivity index (χ0) is 14.4. The van der Waals surface area contributed by atoms with Gasteiger partial charge in [-0.15, -0.1) is 0 Å². The Hall–Kier alpha value is -1.51. The summed E-state index contributed by atoms with van der Waals surface area (Å²) >= 11 is 1.82. The van der Waals surface area contributed by atoms with Crippen molar-refractivity contribution in [2.24, 2.45) is 0 Å². The molecule has 1 aromatic carbocycles. The third kappa shape index (κ3) is 3.99. The Kier molecular flexibility index (Phi) is 5.45. The van der Waals surface area contributed by atoms with Crippen molar-refractivity contribution >= 4 is 17.7 Å². The number of aliphatic hydroxyl groups excluding tert-OH is 1. The molecule has 20 heavy (non-hydrogen) atoms. The van der Waals surface area contributed by atoms with Crippen LogP contribution in [0.15, 0.2) is 18.2 Å². The standard InChI is InChI=1S/C15H16FNO2S/c16-14-9-12(6-5-11(14)3-1-7-18)15(19)17-13-4-2-8-20-10-13/h5-6,9,13,18H,2,4,7-8,10H2,(H,17,19). The lowest BCUT2D eigenvalue weighted by atomic mass is 10.1. The second-order valence-electron chi connectivity index (χ2n) is 4.54. The first-order chi connectivity index (χ1) is 9.70. The average Bonchev–Trinajstić information content (AvgIpc) is 2.47. The molecule has 1 saturated heterocycles. The van der Waals surface area contributed by atoms with Crippen LogP contribution in [0.1, 0.15) is 28.8 Å². The minimum Gasteiger partial charge on any atom is -0.384 e. The Bertz CT molecular complexity index is 545. The number of rotatable bonds is 2. The van der Waals surface area contributed by atoms with Crippen LogP contribution in [0.4, 0.5) is 4.39 Å². The lowest BCUT2D eigenvalue weighted by molar-refractivity contribution is 0.0938. The van der Waals surface area contributed by atoms with Crippen LogP contribution in [-0.2, 0) is 0 Å². The molecule has 0 aliphatic carbocycles. The van der Waals surface area contributed by atoms with E-state index in [2.05, 4.69) is 17.2 Å². The van der Waals surface area contributed by atoms with Gasteiger partial charge >= 0.3 is 0 Å². The summed E-state index contributed by atoms with van der Waals surface area (Å²) in [6, 6.07) is 4.36. The first-order valence-corrected chi connectivity index (χ1v) is 7.64. The summed E-state index contributed by atoms with van der Waals surface area (Å²) in [5, 5.41) is 11.5. The van der Waals surface area contributed by atoms with E-state index >= 15 is 0 Å². The number of thioether (sulfide) groups is 1. The summed E-state index contributed by atoms with van der Waals surface area (Å²) in [4.78, 5) is 12.0. The summed E-state index contributed by atoms with van der Waals surface area (Å²) in [6.45, 7) is -0.318. The van der Waals surface area contributed by atoms with Gasteiger partial charge in [0.1, 0.15) is 12.4 Å². The fourth-order valence-electron chi connectivity index (χ4n) is 2.02. The molecule has 0 spiro atoms. The smallest absolute Gasteiger partial charge is 0.251 e. The molecule has 1 atom stereocenters. The molecular formula is C15H16FNO2S. The van der Waals surface area contributed by atoms with Crippen LogP contribution in [0.25, 0.3) is 0 Å². The predicted octanol–water partition coefficient (Wildman–Crippen LogP) is 1.79. The van der Waals surface area contributed by atoms with E-state index in [1.807, 2.05) is 11.8 Å². The normalized spacial score (nSPS) is 18.0.